The average molecular weight is 321 g/mol. The van der Waals surface area contributed by atoms with Gasteiger partial charge in [-0.2, -0.15) is 0 Å². The molecule has 0 aliphatic carbocycles. The van der Waals surface area contributed by atoms with Gasteiger partial charge in [0.15, 0.2) is 0 Å². The Balaban J connectivity index is 2.21. The number of benzene rings is 1. The Labute approximate surface area is 129 Å². The number of nitrogens with zero attached hydrogens (tertiary/aromatic N) is 1. The number of nitrogens with one attached hydrogen (secondary N) is 1. The highest BCUT2D eigenvalue weighted by atomic mass is 32.2. The first-order valence-electron chi connectivity index (χ1n) is 6.19. The summed E-state index contributed by atoms with van der Waals surface area (Å²) in [6, 6.07) is 9.73. The summed E-state index contributed by atoms with van der Waals surface area (Å²) in [7, 11) is -3.62. The first-order chi connectivity index (χ1) is 9.87. The second-order valence-electron chi connectivity index (χ2n) is 4.58. The molecule has 0 saturated carbocycles. The van der Waals surface area contributed by atoms with Crippen molar-refractivity contribution in [1.82, 2.24) is 4.98 Å². The van der Waals surface area contributed by atoms with Crippen LogP contribution in [0.25, 0.3) is 0 Å². The Morgan fingerprint density at radius 3 is 2.52 bits per heavy atom. The van der Waals surface area contributed by atoms with Gasteiger partial charge in [0.25, 0.3) is 10.0 Å². The van der Waals surface area contributed by atoms with Crippen LogP contribution >= 0.6 is 12.2 Å². The number of aromatic nitrogens is 1. The van der Waals surface area contributed by atoms with E-state index in [-0.39, 0.29) is 4.90 Å². The molecule has 0 radical (unpaired) electrons. The third-order valence-electron chi connectivity index (χ3n) is 2.76. The zero-order valence-electron chi connectivity index (χ0n) is 11.4. The number of pyridine rings is 1. The Morgan fingerprint density at radius 2 is 1.95 bits per heavy atom. The normalized spacial score (nSPS) is 11.1. The highest BCUT2D eigenvalue weighted by molar-refractivity contribution is 7.92. The molecular weight excluding hydrogens is 306 g/mol. The number of rotatable bonds is 5. The maximum absolute atomic E-state index is 12.3. The molecule has 0 unspecified atom stereocenters. The van der Waals surface area contributed by atoms with E-state index in [0.717, 1.165) is 11.3 Å². The summed E-state index contributed by atoms with van der Waals surface area (Å²) >= 11 is 4.82. The molecule has 21 heavy (non-hydrogen) atoms. The number of thiocarbonyl (C=S) groups is 1. The highest BCUT2D eigenvalue weighted by Crippen LogP contribution is 2.17. The summed E-state index contributed by atoms with van der Waals surface area (Å²) in [6.45, 7) is 1.79. The first-order valence-corrected chi connectivity index (χ1v) is 8.09. The van der Waals surface area contributed by atoms with Gasteiger partial charge in [-0.25, -0.2) is 8.42 Å². The monoisotopic (exact) mass is 321 g/mol. The molecule has 0 aliphatic heterocycles. The van der Waals surface area contributed by atoms with E-state index in [2.05, 4.69) is 9.71 Å². The summed E-state index contributed by atoms with van der Waals surface area (Å²) in [6.07, 6.45) is 2.01. The summed E-state index contributed by atoms with van der Waals surface area (Å²) in [4.78, 5) is 4.58. The molecule has 1 aromatic heterocycles. The van der Waals surface area contributed by atoms with E-state index in [0.29, 0.717) is 17.1 Å². The van der Waals surface area contributed by atoms with Crippen molar-refractivity contribution in [3.63, 3.8) is 0 Å². The van der Waals surface area contributed by atoms with Gasteiger partial charge in [-0.1, -0.05) is 24.4 Å². The first kappa shape index (κ1) is 15.4. The topological polar surface area (TPSA) is 85.1 Å². The zero-order valence-corrected chi connectivity index (χ0v) is 13.0. The highest BCUT2D eigenvalue weighted by Gasteiger charge is 2.14. The SMILES string of the molecule is Cc1cc(NS(=O)(=O)c2ccc(CC(N)=S)cc2)ccn1. The summed E-state index contributed by atoms with van der Waals surface area (Å²) in [5, 5.41) is 0. The molecule has 2 rings (SSSR count). The molecule has 0 amide bonds. The van der Waals surface area contributed by atoms with Gasteiger partial charge in [0.2, 0.25) is 0 Å². The predicted molar refractivity (Wildman–Crippen MR) is 86.7 cm³/mol. The predicted octanol–water partition coefficient (Wildman–Crippen LogP) is 2.02. The van der Waals surface area contributed by atoms with Crippen LogP contribution in [0.15, 0.2) is 47.5 Å². The molecule has 110 valence electrons. The van der Waals surface area contributed by atoms with Crippen molar-refractivity contribution >= 4 is 32.9 Å². The van der Waals surface area contributed by atoms with Crippen LogP contribution in [0.5, 0.6) is 0 Å². The fourth-order valence-corrected chi connectivity index (χ4v) is 3.03. The van der Waals surface area contributed by atoms with Gasteiger partial charge in [0.05, 0.1) is 15.6 Å². The van der Waals surface area contributed by atoms with Crippen LogP contribution in [0.1, 0.15) is 11.3 Å². The lowest BCUT2D eigenvalue weighted by atomic mass is 10.1. The number of hydrogen-bond acceptors (Lipinski definition) is 4. The van der Waals surface area contributed by atoms with E-state index in [1.807, 2.05) is 0 Å². The number of anilines is 1. The fraction of sp³-hybridized carbons (Fsp3) is 0.143. The standard InChI is InChI=1S/C14H15N3O2S2/c1-10-8-12(6-7-16-10)17-21(18,19)13-4-2-11(3-5-13)9-14(15)20/h2-8H,9H2,1H3,(H2,15,20)(H,16,17). The molecule has 1 aromatic carbocycles. The second kappa shape index (κ2) is 6.19. The molecule has 1 heterocycles. The molecule has 0 saturated heterocycles. The Hall–Kier alpha value is -1.99. The lowest BCUT2D eigenvalue weighted by Crippen LogP contribution is -2.14. The van der Waals surface area contributed by atoms with Crippen LogP contribution in [-0.4, -0.2) is 18.4 Å². The van der Waals surface area contributed by atoms with Gasteiger partial charge in [0.1, 0.15) is 0 Å². The number of aryl methyl sites for hydroxylation is 1. The molecule has 0 aliphatic rings. The quantitative estimate of drug-likeness (QED) is 0.823. The Bertz CT molecular complexity index is 756. The maximum atomic E-state index is 12.3. The van der Waals surface area contributed by atoms with E-state index in [9.17, 15) is 8.42 Å². The summed E-state index contributed by atoms with van der Waals surface area (Å²) < 4.78 is 27.0. The van der Waals surface area contributed by atoms with E-state index in [4.69, 9.17) is 18.0 Å². The van der Waals surface area contributed by atoms with Crippen molar-refractivity contribution in [3.8, 4) is 0 Å². The molecule has 0 atom stereocenters. The lowest BCUT2D eigenvalue weighted by Gasteiger charge is -2.09. The molecule has 2 aromatic rings. The molecular formula is C14H15N3O2S2. The Kier molecular flexibility index (Phi) is 4.54. The van der Waals surface area contributed by atoms with Gasteiger partial charge in [-0.15, -0.1) is 0 Å². The van der Waals surface area contributed by atoms with Crippen LogP contribution in [0, 0.1) is 6.92 Å². The third kappa shape index (κ3) is 4.24. The van der Waals surface area contributed by atoms with E-state index in [1.54, 1.807) is 37.4 Å². The van der Waals surface area contributed by atoms with Crippen molar-refractivity contribution in [2.24, 2.45) is 5.73 Å². The molecule has 0 spiro atoms. The fourth-order valence-electron chi connectivity index (χ4n) is 1.81. The number of nitrogens with two attached hydrogens (primary N) is 1. The van der Waals surface area contributed by atoms with Crippen molar-refractivity contribution < 1.29 is 8.42 Å². The smallest absolute Gasteiger partial charge is 0.261 e. The zero-order chi connectivity index (χ0) is 15.5. The van der Waals surface area contributed by atoms with Gasteiger partial charge >= 0.3 is 0 Å². The maximum Gasteiger partial charge on any atom is 0.261 e. The van der Waals surface area contributed by atoms with Crippen molar-refractivity contribution in [1.29, 1.82) is 0 Å². The van der Waals surface area contributed by atoms with Gasteiger partial charge in [-0.05, 0) is 36.8 Å². The summed E-state index contributed by atoms with van der Waals surface area (Å²) in [5.41, 5.74) is 7.55. The number of hydrogen-bond donors (Lipinski definition) is 2. The minimum atomic E-state index is -3.62. The van der Waals surface area contributed by atoms with Crippen molar-refractivity contribution in [3.05, 3.63) is 53.9 Å². The Morgan fingerprint density at radius 1 is 1.29 bits per heavy atom. The van der Waals surface area contributed by atoms with E-state index in [1.165, 1.54) is 12.1 Å². The minimum Gasteiger partial charge on any atom is -0.393 e. The van der Waals surface area contributed by atoms with Crippen LogP contribution in [0.3, 0.4) is 0 Å². The van der Waals surface area contributed by atoms with E-state index < -0.39 is 10.0 Å². The van der Waals surface area contributed by atoms with Crippen LogP contribution in [0.4, 0.5) is 5.69 Å². The molecule has 3 N–H and O–H groups in total. The van der Waals surface area contributed by atoms with Crippen LogP contribution in [0.2, 0.25) is 0 Å². The second-order valence-corrected chi connectivity index (χ2v) is 6.79. The molecule has 0 bridgehead atoms. The molecule has 7 heteroatoms. The largest absolute Gasteiger partial charge is 0.393 e. The number of sulfonamides is 1. The third-order valence-corrected chi connectivity index (χ3v) is 4.30. The van der Waals surface area contributed by atoms with Crippen molar-refractivity contribution in [2.75, 3.05) is 4.72 Å². The van der Waals surface area contributed by atoms with Gasteiger partial charge in [-0.3, -0.25) is 9.71 Å². The lowest BCUT2D eigenvalue weighted by molar-refractivity contribution is 0.601. The van der Waals surface area contributed by atoms with Crippen LogP contribution in [-0.2, 0) is 16.4 Å². The minimum absolute atomic E-state index is 0.184. The van der Waals surface area contributed by atoms with Crippen molar-refractivity contribution in [2.45, 2.75) is 18.2 Å². The summed E-state index contributed by atoms with van der Waals surface area (Å²) in [5.74, 6) is 0. The van der Waals surface area contributed by atoms with Gasteiger partial charge in [0, 0.05) is 18.3 Å². The van der Waals surface area contributed by atoms with Gasteiger partial charge < -0.3 is 5.73 Å². The molecule has 0 fully saturated rings. The van der Waals surface area contributed by atoms with E-state index >= 15 is 0 Å². The average Bonchev–Trinajstić information content (AvgIpc) is 2.38. The van der Waals surface area contributed by atoms with Crippen LogP contribution < -0.4 is 10.5 Å². The molecule has 5 nitrogen and oxygen atoms in total.